The van der Waals surface area contributed by atoms with Crippen LogP contribution >= 0.6 is 11.3 Å². The van der Waals surface area contributed by atoms with Crippen LogP contribution in [-0.4, -0.2) is 23.3 Å². The standard InChI is InChI=1S/C7H12N4S/c8-3-7(1-2-7)4-9-6-11-10-5-12-6/h5H,1-4,8H2,(H,9,11). The number of aromatic nitrogens is 2. The summed E-state index contributed by atoms with van der Waals surface area (Å²) < 4.78 is 0. The second-order valence-electron chi connectivity index (χ2n) is 3.30. The largest absolute Gasteiger partial charge is 0.359 e. The molecule has 0 bridgehead atoms. The Bertz CT molecular complexity index is 242. The van der Waals surface area contributed by atoms with E-state index in [0.717, 1.165) is 18.2 Å². The molecule has 1 aliphatic rings. The van der Waals surface area contributed by atoms with Crippen LogP contribution in [0.5, 0.6) is 0 Å². The molecule has 5 heteroatoms. The van der Waals surface area contributed by atoms with E-state index in [4.69, 9.17) is 5.73 Å². The molecule has 1 aromatic rings. The molecule has 12 heavy (non-hydrogen) atoms. The van der Waals surface area contributed by atoms with Crippen molar-refractivity contribution in [3.8, 4) is 0 Å². The maximum Gasteiger partial charge on any atom is 0.205 e. The van der Waals surface area contributed by atoms with Crippen LogP contribution in [0, 0.1) is 5.41 Å². The van der Waals surface area contributed by atoms with Crippen LogP contribution in [-0.2, 0) is 0 Å². The first-order valence-corrected chi connectivity index (χ1v) is 4.93. The van der Waals surface area contributed by atoms with Crippen molar-refractivity contribution >= 4 is 16.5 Å². The minimum atomic E-state index is 0.367. The number of rotatable bonds is 4. The van der Waals surface area contributed by atoms with Gasteiger partial charge in [-0.2, -0.15) is 0 Å². The summed E-state index contributed by atoms with van der Waals surface area (Å²) in [5, 5.41) is 11.8. The Kier molecular flexibility index (Phi) is 1.98. The van der Waals surface area contributed by atoms with E-state index in [9.17, 15) is 0 Å². The quantitative estimate of drug-likeness (QED) is 0.722. The lowest BCUT2D eigenvalue weighted by molar-refractivity contribution is 0.555. The van der Waals surface area contributed by atoms with Gasteiger partial charge in [-0.15, -0.1) is 10.2 Å². The van der Waals surface area contributed by atoms with Crippen molar-refractivity contribution in [2.75, 3.05) is 18.4 Å². The molecule has 0 amide bonds. The SMILES string of the molecule is NCC1(CNc2nncs2)CC1. The van der Waals surface area contributed by atoms with Gasteiger partial charge in [-0.1, -0.05) is 11.3 Å². The molecule has 1 heterocycles. The Morgan fingerprint density at radius 2 is 2.50 bits per heavy atom. The number of anilines is 1. The Morgan fingerprint density at radius 3 is 3.00 bits per heavy atom. The summed E-state index contributed by atoms with van der Waals surface area (Å²) >= 11 is 1.53. The lowest BCUT2D eigenvalue weighted by Gasteiger charge is -2.11. The Labute approximate surface area is 75.2 Å². The summed E-state index contributed by atoms with van der Waals surface area (Å²) in [5.74, 6) is 0. The smallest absolute Gasteiger partial charge is 0.205 e. The minimum absolute atomic E-state index is 0.367. The second kappa shape index (κ2) is 2.99. The molecule has 3 N–H and O–H groups in total. The molecule has 4 nitrogen and oxygen atoms in total. The molecule has 1 aliphatic carbocycles. The highest BCUT2D eigenvalue weighted by atomic mass is 32.1. The van der Waals surface area contributed by atoms with Gasteiger partial charge >= 0.3 is 0 Å². The fourth-order valence-electron chi connectivity index (χ4n) is 1.14. The first kappa shape index (κ1) is 7.94. The Morgan fingerprint density at radius 1 is 1.67 bits per heavy atom. The number of nitrogens with zero attached hydrogens (tertiary/aromatic N) is 2. The van der Waals surface area contributed by atoms with Crippen LogP contribution in [0.2, 0.25) is 0 Å². The van der Waals surface area contributed by atoms with Crippen molar-refractivity contribution in [2.45, 2.75) is 12.8 Å². The van der Waals surface area contributed by atoms with Gasteiger partial charge in [0.25, 0.3) is 0 Å². The average Bonchev–Trinajstić information content (AvgIpc) is 2.70. The number of hydrogen-bond donors (Lipinski definition) is 2. The van der Waals surface area contributed by atoms with Gasteiger partial charge in [0.05, 0.1) is 0 Å². The number of nitrogens with two attached hydrogens (primary N) is 1. The zero-order valence-electron chi connectivity index (χ0n) is 6.79. The molecule has 1 saturated carbocycles. The van der Waals surface area contributed by atoms with Crippen LogP contribution in [0.1, 0.15) is 12.8 Å². The molecule has 0 aromatic carbocycles. The molecule has 2 rings (SSSR count). The highest BCUT2D eigenvalue weighted by Gasteiger charge is 2.40. The van der Waals surface area contributed by atoms with Crippen molar-refractivity contribution in [2.24, 2.45) is 11.1 Å². The highest BCUT2D eigenvalue weighted by molar-refractivity contribution is 7.13. The highest BCUT2D eigenvalue weighted by Crippen LogP contribution is 2.44. The molecule has 0 unspecified atom stereocenters. The lowest BCUT2D eigenvalue weighted by atomic mass is 10.1. The van der Waals surface area contributed by atoms with Gasteiger partial charge in [0.2, 0.25) is 5.13 Å². The van der Waals surface area contributed by atoms with E-state index in [2.05, 4.69) is 15.5 Å². The van der Waals surface area contributed by atoms with E-state index in [1.54, 1.807) is 5.51 Å². The molecule has 0 spiro atoms. The van der Waals surface area contributed by atoms with Gasteiger partial charge in [0, 0.05) is 6.54 Å². The van der Waals surface area contributed by atoms with Gasteiger partial charge in [-0.05, 0) is 24.8 Å². The fourth-order valence-corrected chi connectivity index (χ4v) is 1.59. The van der Waals surface area contributed by atoms with Crippen molar-refractivity contribution in [1.29, 1.82) is 0 Å². The van der Waals surface area contributed by atoms with Crippen molar-refractivity contribution < 1.29 is 0 Å². The molecular formula is C7H12N4S. The van der Waals surface area contributed by atoms with E-state index in [1.165, 1.54) is 24.2 Å². The van der Waals surface area contributed by atoms with Crippen molar-refractivity contribution in [1.82, 2.24) is 10.2 Å². The van der Waals surface area contributed by atoms with Crippen LogP contribution in [0.4, 0.5) is 5.13 Å². The van der Waals surface area contributed by atoms with Crippen LogP contribution in [0.25, 0.3) is 0 Å². The summed E-state index contributed by atoms with van der Waals surface area (Å²) in [6.45, 7) is 1.72. The van der Waals surface area contributed by atoms with Gasteiger partial charge < -0.3 is 11.1 Å². The molecular weight excluding hydrogens is 172 g/mol. The summed E-state index contributed by atoms with van der Waals surface area (Å²) in [7, 11) is 0. The Hall–Kier alpha value is -0.680. The first-order valence-electron chi connectivity index (χ1n) is 4.05. The van der Waals surface area contributed by atoms with E-state index >= 15 is 0 Å². The molecule has 0 radical (unpaired) electrons. The predicted molar refractivity (Wildman–Crippen MR) is 49.1 cm³/mol. The summed E-state index contributed by atoms with van der Waals surface area (Å²) in [6, 6.07) is 0. The average molecular weight is 184 g/mol. The normalized spacial score (nSPS) is 19.1. The topological polar surface area (TPSA) is 63.8 Å². The maximum absolute atomic E-state index is 5.64. The van der Waals surface area contributed by atoms with Crippen molar-refractivity contribution in [3.63, 3.8) is 0 Å². The summed E-state index contributed by atoms with van der Waals surface area (Å²) in [5.41, 5.74) is 7.73. The van der Waals surface area contributed by atoms with Crippen molar-refractivity contribution in [3.05, 3.63) is 5.51 Å². The first-order chi connectivity index (χ1) is 5.85. The Balaban J connectivity index is 1.83. The third-order valence-electron chi connectivity index (χ3n) is 2.36. The second-order valence-corrected chi connectivity index (χ2v) is 4.13. The molecule has 0 saturated heterocycles. The fraction of sp³-hybridized carbons (Fsp3) is 0.714. The van der Waals surface area contributed by atoms with Gasteiger partial charge in [0.1, 0.15) is 5.51 Å². The monoisotopic (exact) mass is 184 g/mol. The van der Waals surface area contributed by atoms with Crippen LogP contribution in [0.15, 0.2) is 5.51 Å². The van der Waals surface area contributed by atoms with Gasteiger partial charge in [-0.3, -0.25) is 0 Å². The van der Waals surface area contributed by atoms with Gasteiger partial charge in [-0.25, -0.2) is 0 Å². The number of nitrogens with one attached hydrogen (secondary N) is 1. The van der Waals surface area contributed by atoms with E-state index in [1.807, 2.05) is 0 Å². The summed E-state index contributed by atoms with van der Waals surface area (Å²) in [4.78, 5) is 0. The molecule has 1 aromatic heterocycles. The zero-order valence-corrected chi connectivity index (χ0v) is 7.60. The molecule has 0 aliphatic heterocycles. The minimum Gasteiger partial charge on any atom is -0.359 e. The molecule has 0 atom stereocenters. The van der Waals surface area contributed by atoms with Crippen LogP contribution in [0.3, 0.4) is 0 Å². The number of hydrogen-bond acceptors (Lipinski definition) is 5. The zero-order chi connectivity index (χ0) is 8.44. The van der Waals surface area contributed by atoms with E-state index < -0.39 is 0 Å². The van der Waals surface area contributed by atoms with E-state index in [-0.39, 0.29) is 0 Å². The maximum atomic E-state index is 5.64. The van der Waals surface area contributed by atoms with Gasteiger partial charge in [0.15, 0.2) is 0 Å². The van der Waals surface area contributed by atoms with Crippen LogP contribution < -0.4 is 11.1 Å². The lowest BCUT2D eigenvalue weighted by Crippen LogP contribution is -2.24. The third kappa shape index (κ3) is 1.56. The molecule has 1 fully saturated rings. The van der Waals surface area contributed by atoms with E-state index in [0.29, 0.717) is 5.41 Å². The third-order valence-corrected chi connectivity index (χ3v) is 3.01. The summed E-state index contributed by atoms with van der Waals surface area (Å²) in [6.07, 6.45) is 2.49. The molecule has 66 valence electrons. The predicted octanol–water partition coefficient (Wildman–Crippen LogP) is 0.689.